The molecule has 0 bridgehead atoms. The van der Waals surface area contributed by atoms with E-state index in [4.69, 9.17) is 4.74 Å². The van der Waals surface area contributed by atoms with Crippen molar-refractivity contribution in [3.8, 4) is 0 Å². The monoisotopic (exact) mass is 498 g/mol. The molecule has 1 unspecified atom stereocenters. The zero-order valence-electron chi connectivity index (χ0n) is 19.8. The van der Waals surface area contributed by atoms with Gasteiger partial charge < -0.3 is 9.64 Å². The van der Waals surface area contributed by atoms with Crippen molar-refractivity contribution < 1.29 is 27.5 Å². The van der Waals surface area contributed by atoms with E-state index in [9.17, 15) is 22.8 Å². The van der Waals surface area contributed by atoms with Crippen LogP contribution in [0.2, 0.25) is 0 Å². The number of ketones is 1. The lowest BCUT2D eigenvalue weighted by atomic mass is 10.1. The number of sulfonamides is 1. The van der Waals surface area contributed by atoms with Crippen LogP contribution in [0.1, 0.15) is 65.3 Å². The van der Waals surface area contributed by atoms with Crippen LogP contribution >= 0.6 is 0 Å². The number of hydrogen-bond acceptors (Lipinski definition) is 6. The van der Waals surface area contributed by atoms with E-state index in [1.54, 1.807) is 24.3 Å². The number of piperidine rings is 1. The Morgan fingerprint density at radius 2 is 1.46 bits per heavy atom. The fourth-order valence-electron chi connectivity index (χ4n) is 4.52. The smallest absolute Gasteiger partial charge is 0.324 e. The fourth-order valence-corrected chi connectivity index (χ4v) is 6.17. The van der Waals surface area contributed by atoms with Crippen LogP contribution in [0.4, 0.5) is 0 Å². The van der Waals surface area contributed by atoms with Crippen LogP contribution < -0.4 is 0 Å². The van der Waals surface area contributed by atoms with Gasteiger partial charge in [0.05, 0.1) is 4.90 Å². The molecule has 2 fully saturated rings. The molecule has 1 atom stereocenters. The summed E-state index contributed by atoms with van der Waals surface area (Å²) in [4.78, 5) is 38.8. The van der Waals surface area contributed by atoms with Crippen molar-refractivity contribution in [3.63, 3.8) is 0 Å². The highest BCUT2D eigenvalue weighted by Gasteiger charge is 2.38. The first-order valence-corrected chi connectivity index (χ1v) is 13.4. The van der Waals surface area contributed by atoms with E-state index in [1.807, 2.05) is 4.90 Å². The Bertz CT molecular complexity index is 1190. The summed E-state index contributed by atoms with van der Waals surface area (Å²) in [5.41, 5.74) is 1.75. The first-order valence-electron chi connectivity index (χ1n) is 11.9. The van der Waals surface area contributed by atoms with E-state index >= 15 is 0 Å². The summed E-state index contributed by atoms with van der Waals surface area (Å²) in [7, 11) is -3.93. The summed E-state index contributed by atoms with van der Waals surface area (Å²) in [5.74, 6) is -0.738. The second-order valence-electron chi connectivity index (χ2n) is 9.01. The number of nitrogens with zero attached hydrogens (tertiary/aromatic N) is 2. The molecule has 35 heavy (non-hydrogen) atoms. The summed E-state index contributed by atoms with van der Waals surface area (Å²) < 4.78 is 33.2. The minimum atomic E-state index is -3.93. The van der Waals surface area contributed by atoms with Crippen LogP contribution in [0.15, 0.2) is 53.4 Å². The van der Waals surface area contributed by atoms with Crippen molar-refractivity contribution >= 4 is 27.7 Å². The van der Waals surface area contributed by atoms with Gasteiger partial charge in [0.1, 0.15) is 12.6 Å². The first kappa shape index (κ1) is 25.1. The number of Topliss-reactive ketones (excluding diaryl/α,β-unsaturated/α-hetero) is 1. The van der Waals surface area contributed by atoms with Crippen molar-refractivity contribution in [1.29, 1.82) is 0 Å². The van der Waals surface area contributed by atoms with Gasteiger partial charge in [0.25, 0.3) is 5.91 Å². The molecule has 4 rings (SSSR count). The van der Waals surface area contributed by atoms with Gasteiger partial charge in [0.2, 0.25) is 10.0 Å². The lowest BCUT2D eigenvalue weighted by molar-refractivity contribution is -0.150. The number of esters is 1. The molecule has 0 N–H and O–H groups in total. The average molecular weight is 499 g/mol. The van der Waals surface area contributed by atoms with Crippen LogP contribution in [-0.2, 0) is 26.2 Å². The number of hydrogen-bond donors (Lipinski definition) is 0. The normalized spacial score (nSPS) is 18.9. The zero-order valence-corrected chi connectivity index (χ0v) is 20.6. The third-order valence-electron chi connectivity index (χ3n) is 6.57. The van der Waals surface area contributed by atoms with Gasteiger partial charge in [-0.2, -0.15) is 4.31 Å². The lowest BCUT2D eigenvalue weighted by Crippen LogP contribution is -2.48. The number of carbonyl (C=O) groups is 3. The third kappa shape index (κ3) is 5.62. The van der Waals surface area contributed by atoms with E-state index in [-0.39, 0.29) is 29.7 Å². The SMILES string of the molecule is CC(=O)c1ccc(S(=O)(=O)N2CCCCC2C(=O)OCc2ccc(C(=O)N3CCCC3)cc2)cc1. The average Bonchev–Trinajstić information content (AvgIpc) is 3.42. The summed E-state index contributed by atoms with van der Waals surface area (Å²) >= 11 is 0. The Labute approximate surface area is 205 Å². The Balaban J connectivity index is 1.41. The van der Waals surface area contributed by atoms with Gasteiger partial charge in [0.15, 0.2) is 5.78 Å². The van der Waals surface area contributed by atoms with Crippen molar-refractivity contribution in [2.45, 2.75) is 56.6 Å². The molecular weight excluding hydrogens is 468 g/mol. The highest BCUT2D eigenvalue weighted by molar-refractivity contribution is 7.89. The van der Waals surface area contributed by atoms with Gasteiger partial charge in [0, 0.05) is 30.8 Å². The van der Waals surface area contributed by atoms with Crippen molar-refractivity contribution in [1.82, 2.24) is 9.21 Å². The van der Waals surface area contributed by atoms with Crippen LogP contribution in [-0.4, -0.2) is 61.0 Å². The lowest BCUT2D eigenvalue weighted by Gasteiger charge is -2.33. The quantitative estimate of drug-likeness (QED) is 0.428. The van der Waals surface area contributed by atoms with Crippen molar-refractivity contribution in [2.24, 2.45) is 0 Å². The number of benzene rings is 2. The van der Waals surface area contributed by atoms with Crippen LogP contribution in [0.5, 0.6) is 0 Å². The largest absolute Gasteiger partial charge is 0.460 e. The zero-order chi connectivity index (χ0) is 25.0. The molecule has 2 aliphatic heterocycles. The van der Waals surface area contributed by atoms with E-state index in [0.717, 1.165) is 37.9 Å². The van der Waals surface area contributed by atoms with E-state index in [1.165, 1.54) is 35.5 Å². The van der Waals surface area contributed by atoms with Crippen LogP contribution in [0.3, 0.4) is 0 Å². The topological polar surface area (TPSA) is 101 Å². The summed E-state index contributed by atoms with van der Waals surface area (Å²) in [6.07, 6.45) is 3.81. The molecule has 8 nitrogen and oxygen atoms in total. The molecule has 2 aromatic carbocycles. The van der Waals surface area contributed by atoms with Crippen LogP contribution in [0, 0.1) is 0 Å². The first-order chi connectivity index (χ1) is 16.8. The van der Waals surface area contributed by atoms with E-state index in [0.29, 0.717) is 24.0 Å². The summed E-state index contributed by atoms with van der Waals surface area (Å²) in [6.45, 7) is 3.19. The van der Waals surface area contributed by atoms with Crippen LogP contribution in [0.25, 0.3) is 0 Å². The molecule has 186 valence electrons. The molecule has 0 aromatic heterocycles. The van der Waals surface area contributed by atoms with Crippen molar-refractivity contribution in [3.05, 3.63) is 65.2 Å². The summed E-state index contributed by atoms with van der Waals surface area (Å²) in [6, 6.07) is 11.8. The Morgan fingerprint density at radius 1 is 0.857 bits per heavy atom. The molecule has 9 heteroatoms. The maximum Gasteiger partial charge on any atom is 0.324 e. The highest BCUT2D eigenvalue weighted by Crippen LogP contribution is 2.27. The minimum Gasteiger partial charge on any atom is -0.460 e. The second kappa shape index (κ2) is 10.7. The molecule has 2 aliphatic rings. The van der Waals surface area contributed by atoms with Gasteiger partial charge in [-0.05, 0) is 68.9 Å². The number of amides is 1. The van der Waals surface area contributed by atoms with Gasteiger partial charge in [-0.1, -0.05) is 24.3 Å². The molecule has 1 amide bonds. The number of rotatable bonds is 7. The molecule has 0 aliphatic carbocycles. The molecule has 0 radical (unpaired) electrons. The molecule has 0 saturated carbocycles. The predicted molar refractivity (Wildman–Crippen MR) is 129 cm³/mol. The highest BCUT2D eigenvalue weighted by atomic mass is 32.2. The molecule has 2 saturated heterocycles. The molecule has 2 aromatic rings. The maximum absolute atomic E-state index is 13.3. The third-order valence-corrected chi connectivity index (χ3v) is 8.49. The van der Waals surface area contributed by atoms with Gasteiger partial charge in [-0.15, -0.1) is 0 Å². The van der Waals surface area contributed by atoms with Crippen molar-refractivity contribution in [2.75, 3.05) is 19.6 Å². The summed E-state index contributed by atoms with van der Waals surface area (Å²) in [5, 5.41) is 0. The number of ether oxygens (including phenoxy) is 1. The second-order valence-corrected chi connectivity index (χ2v) is 10.9. The van der Waals surface area contributed by atoms with Gasteiger partial charge in [-0.25, -0.2) is 8.42 Å². The number of likely N-dealkylation sites (tertiary alicyclic amines) is 1. The fraction of sp³-hybridized carbons (Fsp3) is 0.423. The Hall–Kier alpha value is -3.04. The number of carbonyl (C=O) groups excluding carboxylic acids is 3. The Morgan fingerprint density at radius 3 is 2.09 bits per heavy atom. The van der Waals surface area contributed by atoms with Gasteiger partial charge >= 0.3 is 5.97 Å². The van der Waals surface area contributed by atoms with E-state index < -0.39 is 22.0 Å². The standard InChI is InChI=1S/C26H30N2O6S/c1-19(29)21-11-13-23(14-12-21)35(32,33)28-17-3-2-6-24(28)26(31)34-18-20-7-9-22(10-8-20)25(30)27-15-4-5-16-27/h7-14,24H,2-6,15-18H2,1H3. The predicted octanol–water partition coefficient (Wildman–Crippen LogP) is 3.41. The van der Waals surface area contributed by atoms with Gasteiger partial charge in [-0.3, -0.25) is 14.4 Å². The maximum atomic E-state index is 13.3. The minimum absolute atomic E-state index is 0.00503. The van der Waals surface area contributed by atoms with E-state index in [2.05, 4.69) is 0 Å². The molecule has 2 heterocycles. The molecular formula is C26H30N2O6S. The molecule has 0 spiro atoms. The Kier molecular flexibility index (Phi) is 7.66.